The molecule has 17 heavy (non-hydrogen) atoms. The van der Waals surface area contributed by atoms with Gasteiger partial charge in [-0.25, -0.2) is 9.67 Å². The van der Waals surface area contributed by atoms with E-state index in [0.717, 1.165) is 18.5 Å². The quantitative estimate of drug-likeness (QED) is 0.729. The van der Waals surface area contributed by atoms with Crippen LogP contribution in [0.15, 0.2) is 18.6 Å². The summed E-state index contributed by atoms with van der Waals surface area (Å²) in [4.78, 5) is 8.28. The summed E-state index contributed by atoms with van der Waals surface area (Å²) < 4.78 is 1.70. The van der Waals surface area contributed by atoms with Gasteiger partial charge in [-0.3, -0.25) is 4.98 Å². The van der Waals surface area contributed by atoms with Gasteiger partial charge in [0.1, 0.15) is 5.15 Å². The standard InChI is InChI=1S/C12H13ClN4/c13-12-9-4-2-1-3-5-10(9)16-17(12)11-8-14-6-7-15-11/h6-8H,1-5H2. The number of hydrogen-bond acceptors (Lipinski definition) is 3. The van der Waals surface area contributed by atoms with Crippen molar-refractivity contribution in [2.45, 2.75) is 32.1 Å². The number of rotatable bonds is 1. The highest BCUT2D eigenvalue weighted by Gasteiger charge is 2.19. The molecule has 2 heterocycles. The lowest BCUT2D eigenvalue weighted by Crippen LogP contribution is -2.01. The van der Waals surface area contributed by atoms with Crippen LogP contribution in [0.3, 0.4) is 0 Å². The molecule has 4 nitrogen and oxygen atoms in total. The van der Waals surface area contributed by atoms with Gasteiger partial charge in [-0.2, -0.15) is 5.10 Å². The van der Waals surface area contributed by atoms with Crippen LogP contribution >= 0.6 is 11.6 Å². The van der Waals surface area contributed by atoms with E-state index in [-0.39, 0.29) is 0 Å². The zero-order valence-corrected chi connectivity index (χ0v) is 10.2. The minimum Gasteiger partial charge on any atom is -0.259 e. The topological polar surface area (TPSA) is 43.6 Å². The van der Waals surface area contributed by atoms with Crippen LogP contribution in [0.4, 0.5) is 0 Å². The summed E-state index contributed by atoms with van der Waals surface area (Å²) in [6.07, 6.45) is 10.7. The van der Waals surface area contributed by atoms with Crippen LogP contribution in [0.5, 0.6) is 0 Å². The first kappa shape index (κ1) is 10.7. The molecule has 2 aromatic rings. The summed E-state index contributed by atoms with van der Waals surface area (Å²) in [6, 6.07) is 0. The molecule has 88 valence electrons. The molecule has 0 bridgehead atoms. The lowest BCUT2D eigenvalue weighted by atomic mass is 10.1. The number of nitrogens with zero attached hydrogens (tertiary/aromatic N) is 4. The Kier molecular flexibility index (Phi) is 2.81. The van der Waals surface area contributed by atoms with E-state index < -0.39 is 0 Å². The van der Waals surface area contributed by atoms with Crippen LogP contribution in [0.1, 0.15) is 30.5 Å². The third-order valence-electron chi connectivity index (χ3n) is 3.11. The van der Waals surface area contributed by atoms with E-state index in [4.69, 9.17) is 11.6 Å². The molecule has 0 saturated heterocycles. The second-order valence-corrected chi connectivity index (χ2v) is 4.61. The molecule has 0 unspecified atom stereocenters. The SMILES string of the molecule is Clc1c2c(nn1-c1cnccn1)CCCCC2. The van der Waals surface area contributed by atoms with Gasteiger partial charge in [-0.05, 0) is 25.7 Å². The number of aryl methyl sites for hydroxylation is 1. The molecule has 3 rings (SSSR count). The van der Waals surface area contributed by atoms with Crippen LogP contribution in [0.2, 0.25) is 5.15 Å². The van der Waals surface area contributed by atoms with Crippen LogP contribution in [0, 0.1) is 0 Å². The molecule has 1 aliphatic rings. The maximum absolute atomic E-state index is 6.38. The fourth-order valence-corrected chi connectivity index (χ4v) is 2.57. The lowest BCUT2D eigenvalue weighted by molar-refractivity contribution is 0.692. The zero-order valence-electron chi connectivity index (χ0n) is 9.43. The predicted molar refractivity (Wildman–Crippen MR) is 65.4 cm³/mol. The third kappa shape index (κ3) is 1.93. The highest BCUT2D eigenvalue weighted by atomic mass is 35.5. The molecular formula is C12H13ClN4. The van der Waals surface area contributed by atoms with Gasteiger partial charge >= 0.3 is 0 Å². The number of aromatic nitrogens is 4. The predicted octanol–water partition coefficient (Wildman–Crippen LogP) is 2.58. The van der Waals surface area contributed by atoms with Gasteiger partial charge < -0.3 is 0 Å². The first-order valence-corrected chi connectivity index (χ1v) is 6.27. The largest absolute Gasteiger partial charge is 0.259 e. The van der Waals surface area contributed by atoms with Gasteiger partial charge in [0, 0.05) is 18.0 Å². The summed E-state index contributed by atoms with van der Waals surface area (Å²) in [5.41, 5.74) is 2.31. The highest BCUT2D eigenvalue weighted by molar-refractivity contribution is 6.30. The number of fused-ring (bicyclic) bond motifs is 1. The summed E-state index contributed by atoms with van der Waals surface area (Å²) >= 11 is 6.38. The molecule has 0 amide bonds. The molecule has 0 atom stereocenters. The van der Waals surface area contributed by atoms with Crippen molar-refractivity contribution in [3.05, 3.63) is 35.0 Å². The second-order valence-electron chi connectivity index (χ2n) is 4.25. The Morgan fingerprint density at radius 1 is 1.12 bits per heavy atom. The molecule has 5 heteroatoms. The average molecular weight is 249 g/mol. The monoisotopic (exact) mass is 248 g/mol. The van der Waals surface area contributed by atoms with E-state index in [2.05, 4.69) is 15.1 Å². The number of halogens is 1. The molecular weight excluding hydrogens is 236 g/mol. The first-order valence-electron chi connectivity index (χ1n) is 5.89. The molecule has 0 aromatic carbocycles. The van der Waals surface area contributed by atoms with Crippen molar-refractivity contribution in [2.75, 3.05) is 0 Å². The Balaban J connectivity index is 2.08. The van der Waals surface area contributed by atoms with E-state index in [0.29, 0.717) is 11.0 Å². The van der Waals surface area contributed by atoms with Gasteiger partial charge in [0.2, 0.25) is 0 Å². The van der Waals surface area contributed by atoms with E-state index in [1.807, 2.05) is 0 Å². The van der Waals surface area contributed by atoms with Crippen molar-refractivity contribution < 1.29 is 0 Å². The maximum Gasteiger partial charge on any atom is 0.173 e. The van der Waals surface area contributed by atoms with Crippen molar-refractivity contribution >= 4 is 11.6 Å². The molecule has 2 aromatic heterocycles. The Morgan fingerprint density at radius 3 is 2.82 bits per heavy atom. The molecule has 1 aliphatic carbocycles. The minimum absolute atomic E-state index is 0.686. The van der Waals surface area contributed by atoms with E-state index >= 15 is 0 Å². The normalized spacial score (nSPS) is 15.4. The van der Waals surface area contributed by atoms with Gasteiger partial charge in [0.25, 0.3) is 0 Å². The van der Waals surface area contributed by atoms with Gasteiger partial charge in [0.05, 0.1) is 11.9 Å². The summed E-state index contributed by atoms with van der Waals surface area (Å²) in [5, 5.41) is 5.26. The average Bonchev–Trinajstić information content (AvgIpc) is 2.56. The van der Waals surface area contributed by atoms with Crippen LogP contribution < -0.4 is 0 Å². The Morgan fingerprint density at radius 2 is 2.00 bits per heavy atom. The lowest BCUT2D eigenvalue weighted by Gasteiger charge is -2.01. The fraction of sp³-hybridized carbons (Fsp3) is 0.417. The van der Waals surface area contributed by atoms with Crippen molar-refractivity contribution in [1.82, 2.24) is 19.7 Å². The Hall–Kier alpha value is -1.42. The summed E-state index contributed by atoms with van der Waals surface area (Å²) in [6.45, 7) is 0. The highest BCUT2D eigenvalue weighted by Crippen LogP contribution is 2.28. The first-order chi connectivity index (χ1) is 8.36. The fourth-order valence-electron chi connectivity index (χ4n) is 2.24. The van der Waals surface area contributed by atoms with Crippen LogP contribution in [-0.2, 0) is 12.8 Å². The number of hydrogen-bond donors (Lipinski definition) is 0. The molecule has 0 saturated carbocycles. The van der Waals surface area contributed by atoms with Crippen molar-refractivity contribution in [1.29, 1.82) is 0 Å². The van der Waals surface area contributed by atoms with E-state index in [1.54, 1.807) is 23.3 Å². The Bertz CT molecular complexity index is 521. The van der Waals surface area contributed by atoms with Crippen molar-refractivity contribution in [3.63, 3.8) is 0 Å². The van der Waals surface area contributed by atoms with Crippen LogP contribution in [0.25, 0.3) is 5.82 Å². The molecule has 0 aliphatic heterocycles. The molecule has 0 spiro atoms. The van der Waals surface area contributed by atoms with E-state index in [9.17, 15) is 0 Å². The molecule has 0 N–H and O–H groups in total. The van der Waals surface area contributed by atoms with Crippen molar-refractivity contribution in [3.8, 4) is 5.82 Å². The minimum atomic E-state index is 0.686. The van der Waals surface area contributed by atoms with Gasteiger partial charge in [0.15, 0.2) is 5.82 Å². The molecule has 0 fully saturated rings. The third-order valence-corrected chi connectivity index (χ3v) is 3.50. The maximum atomic E-state index is 6.38. The van der Waals surface area contributed by atoms with Crippen LogP contribution in [-0.4, -0.2) is 19.7 Å². The van der Waals surface area contributed by atoms with Gasteiger partial charge in [-0.1, -0.05) is 18.0 Å². The smallest absolute Gasteiger partial charge is 0.173 e. The Labute approximate surface area is 105 Å². The molecule has 0 radical (unpaired) electrons. The van der Waals surface area contributed by atoms with Gasteiger partial charge in [-0.15, -0.1) is 0 Å². The second kappa shape index (κ2) is 4.45. The van der Waals surface area contributed by atoms with Crippen molar-refractivity contribution in [2.24, 2.45) is 0 Å². The summed E-state index contributed by atoms with van der Waals surface area (Å²) in [7, 11) is 0. The van der Waals surface area contributed by atoms with E-state index in [1.165, 1.54) is 24.8 Å². The summed E-state index contributed by atoms with van der Waals surface area (Å²) in [5.74, 6) is 0.686. The zero-order chi connectivity index (χ0) is 11.7.